The molecule has 0 amide bonds. The zero-order valence-electron chi connectivity index (χ0n) is 12.1. The van der Waals surface area contributed by atoms with Gasteiger partial charge in [-0.05, 0) is 0 Å². The molecule has 1 heterocycles. The first-order valence-electron chi connectivity index (χ1n) is 6.67. The molecule has 0 aromatic carbocycles. The number of hydrogen-bond acceptors (Lipinski definition) is 0. The van der Waals surface area contributed by atoms with Crippen molar-refractivity contribution in [1.82, 2.24) is 4.57 Å². The van der Waals surface area contributed by atoms with Gasteiger partial charge in [0.25, 0.3) is 0 Å². The summed E-state index contributed by atoms with van der Waals surface area (Å²) >= 11 is 0. The Morgan fingerprint density at radius 1 is 1.06 bits per heavy atom. The highest BCUT2D eigenvalue weighted by molar-refractivity contribution is 6.90. The molecular weight excluding hydrogens is 195 g/mol. The van der Waals surface area contributed by atoms with Crippen LogP contribution < -0.4 is 10.3 Å². The normalized spacial score (nSPS) is 12.2. The number of aromatic nitrogens is 2. The molecule has 1 aromatic rings. The van der Waals surface area contributed by atoms with E-state index in [0.29, 0.717) is 0 Å². The molecule has 16 heavy (non-hydrogen) atoms. The standard InChI is InChI=1S/C13H27BN2/c1-8-14(9-2,10-3)13-15(6)11(4)12(5)16(13)7/h8-10H2,1-7H3. The van der Waals surface area contributed by atoms with Crippen molar-refractivity contribution < 1.29 is 4.57 Å². The Labute approximate surface area is 101 Å². The molecule has 0 unspecified atom stereocenters. The molecule has 0 aliphatic rings. The van der Waals surface area contributed by atoms with Crippen molar-refractivity contribution in [1.29, 1.82) is 0 Å². The van der Waals surface area contributed by atoms with Gasteiger partial charge in [-0.3, -0.25) is 9.13 Å². The van der Waals surface area contributed by atoms with Crippen LogP contribution in [0.1, 0.15) is 32.2 Å². The summed E-state index contributed by atoms with van der Waals surface area (Å²) in [5.41, 5.74) is 4.35. The second-order valence-corrected chi connectivity index (χ2v) is 5.35. The first-order chi connectivity index (χ1) is 7.45. The van der Waals surface area contributed by atoms with Crippen LogP contribution in [0, 0.1) is 13.8 Å². The van der Waals surface area contributed by atoms with Crippen molar-refractivity contribution in [2.45, 2.75) is 53.6 Å². The Bertz CT molecular complexity index is 342. The Morgan fingerprint density at radius 2 is 1.50 bits per heavy atom. The number of hydrogen-bond donors (Lipinski definition) is 0. The fraction of sp³-hybridized carbons (Fsp3) is 0.769. The largest absolute Gasteiger partial charge is 0.271 e. The van der Waals surface area contributed by atoms with Crippen molar-refractivity contribution in [3.63, 3.8) is 0 Å². The highest BCUT2D eigenvalue weighted by atomic mass is 15.1. The Hall–Kier alpha value is -0.725. The minimum absolute atomic E-state index is 0.386. The maximum atomic E-state index is 2.41. The fourth-order valence-electron chi connectivity index (χ4n) is 3.29. The predicted octanol–water partition coefficient (Wildman–Crippen LogP) is 2.18. The van der Waals surface area contributed by atoms with Crippen LogP contribution in [0.4, 0.5) is 0 Å². The van der Waals surface area contributed by atoms with Gasteiger partial charge < -0.3 is 0 Å². The molecular formula is C13H27BN2. The SMILES string of the molecule is CC[B-](CC)(CC)c1n(C)c(C)c(C)[n+]1C. The summed E-state index contributed by atoms with van der Waals surface area (Å²) in [5, 5.41) is 0. The zero-order chi connectivity index (χ0) is 12.5. The van der Waals surface area contributed by atoms with Crippen LogP contribution in [0.15, 0.2) is 0 Å². The molecule has 1 rings (SSSR count). The van der Waals surface area contributed by atoms with Gasteiger partial charge in [0.1, 0.15) is 17.5 Å². The van der Waals surface area contributed by atoms with Crippen LogP contribution >= 0.6 is 0 Å². The second-order valence-electron chi connectivity index (χ2n) is 5.35. The molecule has 0 radical (unpaired) electrons. The summed E-state index contributed by atoms with van der Waals surface area (Å²) in [4.78, 5) is 0. The lowest BCUT2D eigenvalue weighted by Crippen LogP contribution is -2.64. The van der Waals surface area contributed by atoms with Crippen molar-refractivity contribution in [3.05, 3.63) is 11.4 Å². The molecule has 0 bridgehead atoms. The van der Waals surface area contributed by atoms with Crippen LogP contribution in [-0.4, -0.2) is 10.7 Å². The molecule has 0 N–H and O–H groups in total. The van der Waals surface area contributed by atoms with Crippen molar-refractivity contribution >= 4 is 11.9 Å². The molecule has 0 fully saturated rings. The van der Waals surface area contributed by atoms with Gasteiger partial charge in [-0.25, -0.2) is 0 Å². The molecule has 92 valence electrons. The van der Waals surface area contributed by atoms with E-state index in [9.17, 15) is 0 Å². The number of rotatable bonds is 4. The van der Waals surface area contributed by atoms with E-state index in [2.05, 4.69) is 57.8 Å². The lowest BCUT2D eigenvalue weighted by atomic mass is 9.20. The highest BCUT2D eigenvalue weighted by Crippen LogP contribution is 2.19. The predicted molar refractivity (Wildman–Crippen MR) is 72.9 cm³/mol. The Morgan fingerprint density at radius 3 is 1.75 bits per heavy atom. The average Bonchev–Trinajstić information content (AvgIpc) is 2.49. The third kappa shape index (κ3) is 1.70. The van der Waals surface area contributed by atoms with Gasteiger partial charge >= 0.3 is 0 Å². The topological polar surface area (TPSA) is 8.81 Å². The van der Waals surface area contributed by atoms with Gasteiger partial charge in [0.2, 0.25) is 0 Å². The van der Waals surface area contributed by atoms with Crippen molar-refractivity contribution in [2.75, 3.05) is 0 Å². The van der Waals surface area contributed by atoms with E-state index >= 15 is 0 Å². The molecule has 1 aromatic heterocycles. The van der Waals surface area contributed by atoms with Gasteiger partial charge in [-0.2, -0.15) is 19.0 Å². The summed E-state index contributed by atoms with van der Waals surface area (Å²) in [5.74, 6) is 0. The average molecular weight is 222 g/mol. The first kappa shape index (κ1) is 13.3. The van der Waals surface area contributed by atoms with E-state index in [-0.39, 0.29) is 6.15 Å². The smallest absolute Gasteiger partial charge is 0.139 e. The van der Waals surface area contributed by atoms with Crippen LogP contribution in [0.2, 0.25) is 19.0 Å². The first-order valence-corrected chi connectivity index (χ1v) is 6.67. The lowest BCUT2D eigenvalue weighted by molar-refractivity contribution is -0.659. The van der Waals surface area contributed by atoms with Gasteiger partial charge in [0, 0.05) is 13.8 Å². The van der Waals surface area contributed by atoms with E-state index in [1.54, 1.807) is 5.72 Å². The van der Waals surface area contributed by atoms with E-state index in [1.807, 2.05) is 0 Å². The minimum Gasteiger partial charge on any atom is -0.271 e. The third-order valence-corrected chi connectivity index (χ3v) is 5.11. The lowest BCUT2D eigenvalue weighted by Gasteiger charge is -2.32. The molecule has 0 spiro atoms. The quantitative estimate of drug-likeness (QED) is 0.545. The summed E-state index contributed by atoms with van der Waals surface area (Å²) in [6.45, 7) is 11.5. The summed E-state index contributed by atoms with van der Waals surface area (Å²) in [6, 6.07) is 0. The maximum Gasteiger partial charge on any atom is 0.139 e. The maximum absolute atomic E-state index is 2.41. The van der Waals surface area contributed by atoms with Crippen LogP contribution in [-0.2, 0) is 14.1 Å². The van der Waals surface area contributed by atoms with E-state index in [1.165, 1.54) is 30.3 Å². The summed E-state index contributed by atoms with van der Waals surface area (Å²) in [7, 11) is 4.43. The van der Waals surface area contributed by atoms with Gasteiger partial charge in [-0.15, -0.1) is 0 Å². The van der Waals surface area contributed by atoms with E-state index in [0.717, 1.165) is 0 Å². The van der Waals surface area contributed by atoms with Gasteiger partial charge in [0.05, 0.1) is 19.8 Å². The van der Waals surface area contributed by atoms with Crippen LogP contribution in [0.5, 0.6) is 0 Å². The molecule has 0 atom stereocenters. The molecule has 3 heteroatoms. The molecule has 0 aliphatic heterocycles. The van der Waals surface area contributed by atoms with E-state index < -0.39 is 0 Å². The van der Waals surface area contributed by atoms with Crippen LogP contribution in [0.3, 0.4) is 0 Å². The Balaban J connectivity index is 3.47. The third-order valence-electron chi connectivity index (χ3n) is 5.11. The van der Waals surface area contributed by atoms with Crippen molar-refractivity contribution in [3.8, 4) is 0 Å². The van der Waals surface area contributed by atoms with E-state index in [4.69, 9.17) is 0 Å². The van der Waals surface area contributed by atoms with Gasteiger partial charge in [0.15, 0.2) is 0 Å². The monoisotopic (exact) mass is 222 g/mol. The summed E-state index contributed by atoms with van der Waals surface area (Å²) in [6.07, 6.45) is 3.44. The minimum atomic E-state index is -0.386. The Kier molecular flexibility index (Phi) is 3.87. The second kappa shape index (κ2) is 4.64. The summed E-state index contributed by atoms with van der Waals surface area (Å²) < 4.78 is 4.82. The number of imidazole rings is 1. The van der Waals surface area contributed by atoms with Gasteiger partial charge in [-0.1, -0.05) is 20.8 Å². The zero-order valence-corrected chi connectivity index (χ0v) is 12.1. The molecule has 0 aliphatic carbocycles. The number of nitrogens with zero attached hydrogens (tertiary/aromatic N) is 2. The van der Waals surface area contributed by atoms with Crippen molar-refractivity contribution in [2.24, 2.45) is 14.1 Å². The molecule has 0 saturated heterocycles. The highest BCUT2D eigenvalue weighted by Gasteiger charge is 2.33. The molecule has 2 nitrogen and oxygen atoms in total. The fourth-order valence-corrected chi connectivity index (χ4v) is 3.29. The van der Waals surface area contributed by atoms with Crippen LogP contribution in [0.25, 0.3) is 0 Å². The molecule has 0 saturated carbocycles.